The highest BCUT2D eigenvalue weighted by Crippen LogP contribution is 2.14. The number of carbonyl (C=O) groups is 2. The molecular formula is C37H70O4. The zero-order valence-corrected chi connectivity index (χ0v) is 27.5. The highest BCUT2D eigenvalue weighted by Gasteiger charge is 2.03. The summed E-state index contributed by atoms with van der Waals surface area (Å²) in [6.07, 6.45) is 42.2. The minimum Gasteiger partial charge on any atom is -0.481 e. The van der Waals surface area contributed by atoms with Gasteiger partial charge in [0.25, 0.3) is 0 Å². The highest BCUT2D eigenvalue weighted by atomic mass is 16.5. The third-order valence-corrected chi connectivity index (χ3v) is 8.19. The van der Waals surface area contributed by atoms with Gasteiger partial charge >= 0.3 is 11.9 Å². The van der Waals surface area contributed by atoms with Crippen molar-refractivity contribution in [3.8, 4) is 0 Å². The van der Waals surface area contributed by atoms with Gasteiger partial charge in [0.1, 0.15) is 0 Å². The second kappa shape index (κ2) is 34.9. The Kier molecular flexibility index (Phi) is 33.8. The van der Waals surface area contributed by atoms with Crippen LogP contribution in [0.4, 0.5) is 0 Å². The van der Waals surface area contributed by atoms with E-state index in [4.69, 9.17) is 9.84 Å². The van der Waals surface area contributed by atoms with Crippen molar-refractivity contribution in [1.82, 2.24) is 0 Å². The minimum atomic E-state index is -0.673. The van der Waals surface area contributed by atoms with Crippen molar-refractivity contribution in [3.63, 3.8) is 0 Å². The van der Waals surface area contributed by atoms with Crippen LogP contribution in [-0.2, 0) is 14.3 Å². The maximum absolute atomic E-state index is 11.9. The molecule has 0 aromatic heterocycles. The summed E-state index contributed by atoms with van der Waals surface area (Å²) in [6, 6.07) is 0. The molecule has 1 N–H and O–H groups in total. The lowest BCUT2D eigenvalue weighted by molar-refractivity contribution is -0.144. The molecule has 0 saturated carbocycles. The second-order valence-electron chi connectivity index (χ2n) is 12.4. The van der Waals surface area contributed by atoms with E-state index in [1.165, 1.54) is 148 Å². The summed E-state index contributed by atoms with van der Waals surface area (Å²) >= 11 is 0. The van der Waals surface area contributed by atoms with E-state index < -0.39 is 5.97 Å². The predicted molar refractivity (Wildman–Crippen MR) is 177 cm³/mol. The molecule has 0 unspecified atom stereocenters. The van der Waals surface area contributed by atoms with Gasteiger partial charge in [-0.15, -0.1) is 0 Å². The predicted octanol–water partition coefficient (Wildman–Crippen LogP) is 12.3. The molecule has 0 aliphatic rings. The van der Waals surface area contributed by atoms with E-state index >= 15 is 0 Å². The van der Waals surface area contributed by atoms with Crippen LogP contribution in [0.5, 0.6) is 0 Å². The lowest BCUT2D eigenvalue weighted by Gasteiger charge is -2.06. The average molecular weight is 579 g/mol. The number of esters is 1. The molecular weight excluding hydrogens is 508 g/mol. The van der Waals surface area contributed by atoms with Crippen molar-refractivity contribution in [2.45, 2.75) is 206 Å². The summed E-state index contributed by atoms with van der Waals surface area (Å²) in [5.41, 5.74) is 0. The molecule has 0 fully saturated rings. The Morgan fingerprint density at radius 2 is 0.805 bits per heavy atom. The van der Waals surface area contributed by atoms with Gasteiger partial charge < -0.3 is 9.84 Å². The van der Waals surface area contributed by atoms with Gasteiger partial charge in [-0.25, -0.2) is 0 Å². The van der Waals surface area contributed by atoms with Crippen LogP contribution in [0.2, 0.25) is 0 Å². The Bertz CT molecular complexity index is 571. The van der Waals surface area contributed by atoms with Crippen molar-refractivity contribution < 1.29 is 19.4 Å². The molecule has 242 valence electrons. The van der Waals surface area contributed by atoms with E-state index in [0.29, 0.717) is 19.4 Å². The molecule has 0 heterocycles. The molecule has 0 aromatic rings. The van der Waals surface area contributed by atoms with Gasteiger partial charge in [-0.2, -0.15) is 0 Å². The number of hydrogen-bond donors (Lipinski definition) is 1. The second-order valence-corrected chi connectivity index (χ2v) is 12.4. The zero-order chi connectivity index (χ0) is 29.9. The van der Waals surface area contributed by atoms with Crippen LogP contribution in [0.3, 0.4) is 0 Å². The van der Waals surface area contributed by atoms with Crippen LogP contribution < -0.4 is 0 Å². The monoisotopic (exact) mass is 579 g/mol. The van der Waals surface area contributed by atoms with Gasteiger partial charge in [0.2, 0.25) is 0 Å². The lowest BCUT2D eigenvalue weighted by atomic mass is 10.0. The Morgan fingerprint density at radius 3 is 1.22 bits per heavy atom. The molecule has 0 aromatic carbocycles. The fraction of sp³-hybridized carbons (Fsp3) is 0.892. The van der Waals surface area contributed by atoms with E-state index in [1.54, 1.807) is 0 Å². The summed E-state index contributed by atoms with van der Waals surface area (Å²) < 4.78 is 5.42. The normalized spacial score (nSPS) is 11.4. The van der Waals surface area contributed by atoms with Crippen molar-refractivity contribution in [3.05, 3.63) is 12.2 Å². The van der Waals surface area contributed by atoms with E-state index in [9.17, 15) is 9.59 Å². The van der Waals surface area contributed by atoms with Crippen molar-refractivity contribution in [2.75, 3.05) is 6.61 Å². The fourth-order valence-electron chi connectivity index (χ4n) is 5.45. The van der Waals surface area contributed by atoms with E-state index in [2.05, 4.69) is 19.1 Å². The van der Waals surface area contributed by atoms with Crippen LogP contribution in [-0.4, -0.2) is 23.7 Å². The van der Waals surface area contributed by atoms with Crippen LogP contribution in [0.25, 0.3) is 0 Å². The number of carboxylic acids is 1. The molecule has 0 atom stereocenters. The number of rotatable bonds is 34. The summed E-state index contributed by atoms with van der Waals surface area (Å²) in [5.74, 6) is -0.679. The van der Waals surface area contributed by atoms with Gasteiger partial charge in [-0.05, 0) is 44.9 Å². The van der Waals surface area contributed by atoms with Gasteiger partial charge in [0, 0.05) is 12.8 Å². The van der Waals surface area contributed by atoms with Gasteiger partial charge in [0.15, 0.2) is 0 Å². The smallest absolute Gasteiger partial charge is 0.305 e. The van der Waals surface area contributed by atoms with Crippen LogP contribution in [0.1, 0.15) is 206 Å². The summed E-state index contributed by atoms with van der Waals surface area (Å²) in [4.78, 5) is 22.4. The Balaban J connectivity index is 3.19. The first kappa shape index (κ1) is 39.7. The van der Waals surface area contributed by atoms with Crippen molar-refractivity contribution in [2.24, 2.45) is 0 Å². The van der Waals surface area contributed by atoms with E-state index in [0.717, 1.165) is 38.5 Å². The van der Waals surface area contributed by atoms with E-state index in [1.807, 2.05) is 0 Å². The third kappa shape index (κ3) is 36.7. The van der Waals surface area contributed by atoms with Crippen LogP contribution in [0.15, 0.2) is 12.2 Å². The number of carbonyl (C=O) groups excluding carboxylic acids is 1. The summed E-state index contributed by atoms with van der Waals surface area (Å²) in [5, 5.41) is 8.62. The number of allylic oxidation sites excluding steroid dienone is 2. The number of hydrogen-bond acceptors (Lipinski definition) is 3. The Hall–Kier alpha value is -1.32. The molecule has 0 aliphatic heterocycles. The molecule has 4 nitrogen and oxygen atoms in total. The minimum absolute atomic E-state index is 0.00557. The van der Waals surface area contributed by atoms with Crippen molar-refractivity contribution in [1.29, 1.82) is 0 Å². The first-order valence-corrected chi connectivity index (χ1v) is 18.2. The Labute approximate surface area is 255 Å². The quantitative estimate of drug-likeness (QED) is 0.0468. The maximum atomic E-state index is 11.9. The number of ether oxygens (including phenoxy) is 1. The first-order chi connectivity index (χ1) is 20.2. The van der Waals surface area contributed by atoms with Crippen LogP contribution >= 0.6 is 0 Å². The summed E-state index contributed by atoms with van der Waals surface area (Å²) in [6.45, 7) is 2.87. The number of carboxylic acid groups (broad SMARTS) is 1. The molecule has 4 heteroatoms. The molecule has 41 heavy (non-hydrogen) atoms. The lowest BCUT2D eigenvalue weighted by Crippen LogP contribution is -2.05. The Morgan fingerprint density at radius 1 is 0.463 bits per heavy atom. The molecule has 0 rings (SSSR count). The molecule has 0 spiro atoms. The fourth-order valence-corrected chi connectivity index (χ4v) is 5.45. The maximum Gasteiger partial charge on any atom is 0.305 e. The first-order valence-electron chi connectivity index (χ1n) is 18.2. The standard InChI is InChI=1S/C37H70O4/c1-2-3-4-5-6-7-8-9-10-11-12-13-14-15-19-22-25-28-31-34-37(40)41-35-32-29-26-23-20-17-16-18-21-24-27-30-33-36(38)39/h9-10H,2-8,11-35H2,1H3,(H,38,39). The third-order valence-electron chi connectivity index (χ3n) is 8.19. The molecule has 0 aliphatic carbocycles. The largest absolute Gasteiger partial charge is 0.481 e. The van der Waals surface area contributed by atoms with E-state index in [-0.39, 0.29) is 5.97 Å². The van der Waals surface area contributed by atoms with Gasteiger partial charge in [-0.1, -0.05) is 160 Å². The summed E-state index contributed by atoms with van der Waals surface area (Å²) in [7, 11) is 0. The molecule has 0 bridgehead atoms. The van der Waals surface area contributed by atoms with Gasteiger partial charge in [0.05, 0.1) is 6.61 Å². The molecule has 0 amide bonds. The SMILES string of the molecule is CCCCCCCCC=CCCCCCCCCCCCC(=O)OCCCCCCCCCCCCCCC(=O)O. The highest BCUT2D eigenvalue weighted by molar-refractivity contribution is 5.69. The zero-order valence-electron chi connectivity index (χ0n) is 27.5. The molecule has 0 radical (unpaired) electrons. The van der Waals surface area contributed by atoms with Gasteiger partial charge in [-0.3, -0.25) is 9.59 Å². The number of unbranched alkanes of at least 4 members (excludes halogenated alkanes) is 26. The average Bonchev–Trinajstić information content (AvgIpc) is 2.96. The molecule has 0 saturated heterocycles. The van der Waals surface area contributed by atoms with Crippen molar-refractivity contribution >= 4 is 11.9 Å². The van der Waals surface area contributed by atoms with Crippen LogP contribution in [0, 0.1) is 0 Å². The number of aliphatic carboxylic acids is 1. The topological polar surface area (TPSA) is 63.6 Å².